The van der Waals surface area contributed by atoms with Crippen molar-refractivity contribution in [3.63, 3.8) is 0 Å². The van der Waals surface area contributed by atoms with Gasteiger partial charge in [0.25, 0.3) is 0 Å². The molecule has 5 nitrogen and oxygen atoms in total. The molecule has 2 unspecified atom stereocenters. The zero-order valence-corrected chi connectivity index (χ0v) is 13.1. The van der Waals surface area contributed by atoms with Crippen molar-refractivity contribution in [3.8, 4) is 0 Å². The third kappa shape index (κ3) is 5.49. The fourth-order valence-electron chi connectivity index (χ4n) is 2.89. The van der Waals surface area contributed by atoms with Gasteiger partial charge in [-0.2, -0.15) is 0 Å². The fraction of sp³-hybridized carbons (Fsp3) is 0.867. The van der Waals surface area contributed by atoms with E-state index in [1.807, 2.05) is 0 Å². The molecule has 0 saturated carbocycles. The summed E-state index contributed by atoms with van der Waals surface area (Å²) >= 11 is 0. The van der Waals surface area contributed by atoms with E-state index in [0.717, 1.165) is 25.9 Å². The summed E-state index contributed by atoms with van der Waals surface area (Å²) in [5.41, 5.74) is 0.305. The van der Waals surface area contributed by atoms with E-state index in [4.69, 9.17) is 5.11 Å². The summed E-state index contributed by atoms with van der Waals surface area (Å²) in [6, 6.07) is -0.807. The highest BCUT2D eigenvalue weighted by Gasteiger charge is 2.29. The van der Waals surface area contributed by atoms with Gasteiger partial charge in [0.15, 0.2) is 0 Å². The minimum Gasteiger partial charge on any atom is -0.480 e. The largest absolute Gasteiger partial charge is 0.480 e. The smallest absolute Gasteiger partial charge is 0.327 e. The first-order valence-electron chi connectivity index (χ1n) is 7.42. The molecule has 0 spiro atoms. The van der Waals surface area contributed by atoms with Crippen LogP contribution in [0.1, 0.15) is 47.0 Å². The molecule has 0 bridgehead atoms. The van der Waals surface area contributed by atoms with Crippen molar-refractivity contribution < 1.29 is 14.7 Å². The summed E-state index contributed by atoms with van der Waals surface area (Å²) in [7, 11) is 0. The molecule has 1 amide bonds. The van der Waals surface area contributed by atoms with Crippen LogP contribution in [0.3, 0.4) is 0 Å². The van der Waals surface area contributed by atoms with Crippen molar-refractivity contribution in [2.45, 2.75) is 53.0 Å². The maximum Gasteiger partial charge on any atom is 0.327 e. The Kier molecular flexibility index (Phi) is 5.99. The predicted molar refractivity (Wildman–Crippen MR) is 78.5 cm³/mol. The molecule has 20 heavy (non-hydrogen) atoms. The van der Waals surface area contributed by atoms with Gasteiger partial charge < -0.3 is 15.3 Å². The highest BCUT2D eigenvalue weighted by Crippen LogP contribution is 2.34. The summed E-state index contributed by atoms with van der Waals surface area (Å²) in [4.78, 5) is 24.4. The van der Waals surface area contributed by atoms with E-state index in [1.165, 1.54) is 13.3 Å². The van der Waals surface area contributed by atoms with Crippen molar-refractivity contribution in [2.75, 3.05) is 19.6 Å². The normalized spacial score (nSPS) is 22.9. The van der Waals surface area contributed by atoms with E-state index >= 15 is 0 Å². The fourth-order valence-corrected chi connectivity index (χ4v) is 2.89. The van der Waals surface area contributed by atoms with E-state index in [-0.39, 0.29) is 5.91 Å². The van der Waals surface area contributed by atoms with Gasteiger partial charge >= 0.3 is 5.97 Å². The van der Waals surface area contributed by atoms with Crippen LogP contribution in [0, 0.1) is 11.3 Å². The van der Waals surface area contributed by atoms with E-state index in [9.17, 15) is 9.59 Å². The Morgan fingerprint density at radius 2 is 1.95 bits per heavy atom. The standard InChI is InChI=1S/C15H28N2O3/c1-11(18)16-13(14(19)20)10-17-8-5-6-12(7-9-17)15(2,3)4/h12-13H,5-10H2,1-4H3,(H,16,18)(H,19,20). The van der Waals surface area contributed by atoms with Gasteiger partial charge in [0.2, 0.25) is 5.91 Å². The topological polar surface area (TPSA) is 69.6 Å². The molecule has 0 aliphatic carbocycles. The lowest BCUT2D eigenvalue weighted by atomic mass is 9.77. The van der Waals surface area contributed by atoms with Gasteiger partial charge in [-0.3, -0.25) is 4.79 Å². The maximum atomic E-state index is 11.2. The SMILES string of the molecule is CC(=O)NC(CN1CCCC(C(C)(C)C)CC1)C(=O)O. The van der Waals surface area contributed by atoms with Gasteiger partial charge in [0.1, 0.15) is 6.04 Å². The number of amides is 1. The molecule has 2 atom stereocenters. The van der Waals surface area contributed by atoms with Gasteiger partial charge in [-0.05, 0) is 43.7 Å². The molecule has 5 heteroatoms. The zero-order valence-electron chi connectivity index (χ0n) is 13.1. The Bertz CT molecular complexity index is 350. The summed E-state index contributed by atoms with van der Waals surface area (Å²) in [6.07, 6.45) is 3.38. The van der Waals surface area contributed by atoms with Crippen LogP contribution in [0.25, 0.3) is 0 Å². The Morgan fingerprint density at radius 1 is 1.30 bits per heavy atom. The maximum absolute atomic E-state index is 11.2. The molecule has 0 radical (unpaired) electrons. The second-order valence-electron chi connectivity index (χ2n) is 6.89. The lowest BCUT2D eigenvalue weighted by molar-refractivity contribution is -0.142. The lowest BCUT2D eigenvalue weighted by Gasteiger charge is -2.30. The summed E-state index contributed by atoms with van der Waals surface area (Å²) in [6.45, 7) is 10.4. The van der Waals surface area contributed by atoms with E-state index in [1.54, 1.807) is 0 Å². The highest BCUT2D eigenvalue weighted by atomic mass is 16.4. The molecule has 1 fully saturated rings. The molecule has 0 aromatic heterocycles. The van der Waals surface area contributed by atoms with Crippen molar-refractivity contribution >= 4 is 11.9 Å². The molecule has 1 saturated heterocycles. The highest BCUT2D eigenvalue weighted by molar-refractivity contribution is 5.82. The van der Waals surface area contributed by atoms with Crippen molar-refractivity contribution in [2.24, 2.45) is 11.3 Å². The van der Waals surface area contributed by atoms with Crippen molar-refractivity contribution in [1.29, 1.82) is 0 Å². The van der Waals surface area contributed by atoms with Crippen LogP contribution in [-0.2, 0) is 9.59 Å². The number of aliphatic carboxylic acids is 1. The Labute approximate surface area is 121 Å². The molecule has 1 rings (SSSR count). The lowest BCUT2D eigenvalue weighted by Crippen LogP contribution is -2.48. The Morgan fingerprint density at radius 3 is 2.45 bits per heavy atom. The third-order valence-corrected chi connectivity index (χ3v) is 4.16. The quantitative estimate of drug-likeness (QED) is 0.825. The average molecular weight is 284 g/mol. The average Bonchev–Trinajstić information content (AvgIpc) is 2.52. The second kappa shape index (κ2) is 7.07. The molecular weight excluding hydrogens is 256 g/mol. The molecule has 0 aromatic rings. The van der Waals surface area contributed by atoms with Crippen LogP contribution in [0.5, 0.6) is 0 Å². The zero-order chi connectivity index (χ0) is 15.3. The Balaban J connectivity index is 2.56. The van der Waals surface area contributed by atoms with Crippen LogP contribution in [0.2, 0.25) is 0 Å². The number of carbonyl (C=O) groups is 2. The van der Waals surface area contributed by atoms with Crippen LogP contribution in [0.15, 0.2) is 0 Å². The van der Waals surface area contributed by atoms with Crippen LogP contribution >= 0.6 is 0 Å². The summed E-state index contributed by atoms with van der Waals surface area (Å²) < 4.78 is 0. The van der Waals surface area contributed by atoms with Crippen molar-refractivity contribution in [3.05, 3.63) is 0 Å². The molecule has 0 aromatic carbocycles. The number of hydrogen-bond donors (Lipinski definition) is 2. The second-order valence-corrected chi connectivity index (χ2v) is 6.89. The van der Waals surface area contributed by atoms with Crippen LogP contribution in [0.4, 0.5) is 0 Å². The first-order valence-corrected chi connectivity index (χ1v) is 7.42. The Hall–Kier alpha value is -1.10. The molecule has 1 aliphatic rings. The molecular formula is C15H28N2O3. The third-order valence-electron chi connectivity index (χ3n) is 4.16. The van der Waals surface area contributed by atoms with Gasteiger partial charge in [0.05, 0.1) is 0 Å². The van der Waals surface area contributed by atoms with E-state index in [0.29, 0.717) is 17.9 Å². The predicted octanol–water partition coefficient (Wildman–Crippen LogP) is 1.72. The minimum atomic E-state index is -0.961. The monoisotopic (exact) mass is 284 g/mol. The number of likely N-dealkylation sites (tertiary alicyclic amines) is 1. The molecule has 1 heterocycles. The summed E-state index contributed by atoms with van der Waals surface area (Å²) in [5.74, 6) is -0.576. The van der Waals surface area contributed by atoms with Gasteiger partial charge in [-0.25, -0.2) is 4.79 Å². The van der Waals surface area contributed by atoms with Crippen molar-refractivity contribution in [1.82, 2.24) is 10.2 Å². The van der Waals surface area contributed by atoms with Gasteiger partial charge in [-0.1, -0.05) is 20.8 Å². The minimum absolute atomic E-state index is 0.292. The number of carbonyl (C=O) groups excluding carboxylic acids is 1. The van der Waals surface area contributed by atoms with Gasteiger partial charge in [0, 0.05) is 13.5 Å². The molecule has 2 N–H and O–H groups in total. The molecule has 1 aliphatic heterocycles. The molecule has 116 valence electrons. The van der Waals surface area contributed by atoms with Gasteiger partial charge in [-0.15, -0.1) is 0 Å². The number of hydrogen-bond acceptors (Lipinski definition) is 3. The first kappa shape index (κ1) is 17.0. The van der Waals surface area contributed by atoms with Crippen LogP contribution < -0.4 is 5.32 Å². The summed E-state index contributed by atoms with van der Waals surface area (Å²) in [5, 5.41) is 11.7. The number of nitrogens with one attached hydrogen (secondary N) is 1. The number of rotatable bonds is 4. The van der Waals surface area contributed by atoms with E-state index < -0.39 is 12.0 Å². The number of carboxylic acids is 1. The first-order chi connectivity index (χ1) is 9.20. The van der Waals surface area contributed by atoms with E-state index in [2.05, 4.69) is 31.0 Å². The number of carboxylic acid groups (broad SMARTS) is 1. The number of nitrogens with zero attached hydrogens (tertiary/aromatic N) is 1. The van der Waals surface area contributed by atoms with Crippen LogP contribution in [-0.4, -0.2) is 47.6 Å².